The number of aliphatic hydroxyl groups excluding tert-OH is 1. The van der Waals surface area contributed by atoms with Gasteiger partial charge in [0, 0.05) is 111 Å². The van der Waals surface area contributed by atoms with Gasteiger partial charge in [-0.1, -0.05) is 0 Å². The van der Waals surface area contributed by atoms with Crippen LogP contribution in [0.4, 0.5) is 0 Å². The molecule has 0 amide bonds. The van der Waals surface area contributed by atoms with Crippen molar-refractivity contribution in [3.63, 3.8) is 0 Å². The molecule has 104 heavy (non-hydrogen) atoms. The number of hydrogen-bond donors (Lipinski definition) is 1. The quantitative estimate of drug-likeness (QED) is 0.0584. The molecule has 5 rings (SSSR count). The molecular formula is C62H84O42. The highest BCUT2D eigenvalue weighted by molar-refractivity contribution is 5.72. The van der Waals surface area contributed by atoms with E-state index in [4.69, 9.17) is 118 Å². The molecule has 1 N–H and O–H groups in total. The normalized spacial score (nSPS) is 33.0. The summed E-state index contributed by atoms with van der Waals surface area (Å²) in [7, 11) is 0. The van der Waals surface area contributed by atoms with Crippen LogP contribution in [-0.4, -0.2) is 287 Å². The Morgan fingerprint density at radius 2 is 0.404 bits per heavy atom. The van der Waals surface area contributed by atoms with E-state index < -0.39 is 282 Å². The third-order valence-electron chi connectivity index (χ3n) is 14.7. The lowest BCUT2D eigenvalue weighted by Crippen LogP contribution is -2.70. The molecule has 5 saturated heterocycles. The van der Waals surface area contributed by atoms with Crippen LogP contribution < -0.4 is 0 Å². The smallest absolute Gasteiger partial charge is 0.303 e. The lowest BCUT2D eigenvalue weighted by molar-refractivity contribution is -0.417. The Morgan fingerprint density at radius 1 is 0.212 bits per heavy atom. The van der Waals surface area contributed by atoms with E-state index in [1.807, 2.05) is 0 Å². The predicted molar refractivity (Wildman–Crippen MR) is 319 cm³/mol. The topological polar surface area (TPSA) is 524 Å². The van der Waals surface area contributed by atoms with Gasteiger partial charge in [-0.25, -0.2) is 0 Å². The van der Waals surface area contributed by atoms with Crippen LogP contribution in [-0.2, 0) is 195 Å². The summed E-state index contributed by atoms with van der Waals surface area (Å²) >= 11 is 0. The fraction of sp³-hybridized carbons (Fsp3) is 0.742. The summed E-state index contributed by atoms with van der Waals surface area (Å²) in [5, 5.41) is 13.3. The lowest BCUT2D eigenvalue weighted by Gasteiger charge is -2.51. The summed E-state index contributed by atoms with van der Waals surface area (Å²) in [5.74, 6) is -17.6. The van der Waals surface area contributed by atoms with Crippen molar-refractivity contribution in [1.29, 1.82) is 0 Å². The van der Waals surface area contributed by atoms with Crippen molar-refractivity contribution >= 4 is 95.5 Å². The SMILES string of the molecule is CC(=O)OC[C@H]1O[C@H](OC[C@H]2O[C@H](O[C@H]3O[C@H](COC(C)=O)[C@H](OC(C)=O)[C@H](OC(C)=O)[C@H]3OC(C)=O)[C@H](O[C@H]3O[C@H](COC(C)=O)[C@H](OC(C)=O)[C@H](OC(C)=O)[C@H]3OC(C)=O)[C@@H](O[C@H]3O[C@H](COC(C)=O)[C@H](OC(C)=O)[C@H](OC(C)=O)[C@H]3OC(C)=O)[C@H]2O)[C@H](OC(C)=O)[C@@H](OC(C)=O)[C@H]1OC(C)=O. The van der Waals surface area contributed by atoms with Crippen molar-refractivity contribution < 1.29 is 200 Å². The van der Waals surface area contributed by atoms with Crippen molar-refractivity contribution in [2.45, 2.75) is 264 Å². The maximum Gasteiger partial charge on any atom is 0.303 e. The Labute approximate surface area is 591 Å². The minimum atomic E-state index is -2.61. The summed E-state index contributed by atoms with van der Waals surface area (Å²) in [6.07, 6.45) is -53.3. The monoisotopic (exact) mass is 1500 g/mol. The van der Waals surface area contributed by atoms with Crippen LogP contribution in [0.3, 0.4) is 0 Å². The maximum absolute atomic E-state index is 13.4. The molecular weight excluding hydrogens is 1420 g/mol. The van der Waals surface area contributed by atoms with E-state index >= 15 is 0 Å². The van der Waals surface area contributed by atoms with Gasteiger partial charge in [-0.2, -0.15) is 0 Å². The Morgan fingerprint density at radius 3 is 0.654 bits per heavy atom. The van der Waals surface area contributed by atoms with Gasteiger partial charge in [0.25, 0.3) is 0 Å². The minimum Gasteiger partial charge on any atom is -0.463 e. The summed E-state index contributed by atoms with van der Waals surface area (Å²) < 4.78 is 146. The number of carbonyl (C=O) groups excluding carboxylic acids is 16. The third kappa shape index (κ3) is 25.5. The minimum absolute atomic E-state index is 0.809. The second-order valence-electron chi connectivity index (χ2n) is 23.5. The van der Waals surface area contributed by atoms with Gasteiger partial charge >= 0.3 is 95.5 Å². The van der Waals surface area contributed by atoms with Crippen LogP contribution in [0.5, 0.6) is 0 Å². The molecule has 0 aromatic rings. The van der Waals surface area contributed by atoms with Crippen molar-refractivity contribution in [3.05, 3.63) is 0 Å². The van der Waals surface area contributed by atoms with Crippen LogP contribution in [0.2, 0.25) is 0 Å². The highest BCUT2D eigenvalue weighted by Crippen LogP contribution is 2.41. The van der Waals surface area contributed by atoms with E-state index in [1.54, 1.807) is 0 Å². The molecule has 0 saturated carbocycles. The number of rotatable bonds is 29. The molecule has 42 nitrogen and oxygen atoms in total. The zero-order valence-electron chi connectivity index (χ0n) is 59.2. The third-order valence-corrected chi connectivity index (χ3v) is 14.7. The largest absolute Gasteiger partial charge is 0.463 e. The van der Waals surface area contributed by atoms with Crippen LogP contribution in [0.15, 0.2) is 0 Å². The molecule has 0 spiro atoms. The van der Waals surface area contributed by atoms with E-state index in [-0.39, 0.29) is 0 Å². The predicted octanol–water partition coefficient (Wildman–Crippen LogP) is -2.79. The molecule has 0 unspecified atom stereocenters. The van der Waals surface area contributed by atoms with E-state index in [0.29, 0.717) is 0 Å². The number of hydrogen-bond acceptors (Lipinski definition) is 42. The average molecular weight is 1500 g/mol. The van der Waals surface area contributed by atoms with E-state index in [1.165, 1.54) is 0 Å². The molecule has 5 aliphatic rings. The molecule has 0 aromatic carbocycles. The second kappa shape index (κ2) is 39.3. The summed E-state index contributed by atoms with van der Waals surface area (Å²) in [6, 6.07) is 0. The zero-order chi connectivity index (χ0) is 77.9. The molecule has 5 aliphatic heterocycles. The Balaban J connectivity index is 1.95. The Bertz CT molecular complexity index is 3110. The van der Waals surface area contributed by atoms with Crippen molar-refractivity contribution in [2.24, 2.45) is 0 Å². The van der Waals surface area contributed by atoms with E-state index in [2.05, 4.69) is 0 Å². The number of ether oxygens (including phenoxy) is 25. The first-order valence-electron chi connectivity index (χ1n) is 31.8. The van der Waals surface area contributed by atoms with Crippen LogP contribution in [0.25, 0.3) is 0 Å². The van der Waals surface area contributed by atoms with Gasteiger partial charge in [0.05, 0.1) is 6.61 Å². The maximum atomic E-state index is 13.4. The van der Waals surface area contributed by atoms with Gasteiger partial charge in [0.2, 0.25) is 6.29 Å². The molecule has 42 heteroatoms. The summed E-state index contributed by atoms with van der Waals surface area (Å²) in [6.45, 7) is 9.64. The van der Waals surface area contributed by atoms with E-state index in [0.717, 1.165) is 111 Å². The number of esters is 16. The molecule has 25 atom stereocenters. The zero-order valence-corrected chi connectivity index (χ0v) is 59.2. The first kappa shape index (κ1) is 85.8. The molecule has 5 heterocycles. The molecule has 0 bridgehead atoms. The van der Waals surface area contributed by atoms with Gasteiger partial charge in [-0.05, 0) is 0 Å². The van der Waals surface area contributed by atoms with E-state index in [9.17, 15) is 81.8 Å². The fourth-order valence-electron chi connectivity index (χ4n) is 11.3. The lowest BCUT2D eigenvalue weighted by atomic mass is 9.95. The first-order chi connectivity index (χ1) is 48.6. The van der Waals surface area contributed by atoms with Crippen LogP contribution >= 0.6 is 0 Å². The second-order valence-corrected chi connectivity index (χ2v) is 23.5. The van der Waals surface area contributed by atoms with Crippen molar-refractivity contribution in [2.75, 3.05) is 33.0 Å². The highest BCUT2D eigenvalue weighted by Gasteiger charge is 2.62. The Kier molecular flexibility index (Phi) is 32.4. The van der Waals surface area contributed by atoms with Crippen molar-refractivity contribution in [3.8, 4) is 0 Å². The van der Waals surface area contributed by atoms with Crippen molar-refractivity contribution in [1.82, 2.24) is 0 Å². The van der Waals surface area contributed by atoms with Gasteiger partial charge in [-0.15, -0.1) is 0 Å². The average Bonchev–Trinajstić information content (AvgIpc) is 0.756. The molecule has 0 radical (unpaired) electrons. The number of carbonyl (C=O) groups is 16. The van der Waals surface area contributed by atoms with Gasteiger partial charge in [0.15, 0.2) is 98.4 Å². The fourth-order valence-corrected chi connectivity index (χ4v) is 11.3. The summed E-state index contributed by atoms with van der Waals surface area (Å²) in [5.41, 5.74) is 0. The molecule has 584 valence electrons. The van der Waals surface area contributed by atoms with Crippen LogP contribution in [0.1, 0.15) is 111 Å². The van der Waals surface area contributed by atoms with Gasteiger partial charge < -0.3 is 124 Å². The summed E-state index contributed by atoms with van der Waals surface area (Å²) in [4.78, 5) is 207. The van der Waals surface area contributed by atoms with Crippen LogP contribution in [0, 0.1) is 0 Å². The first-order valence-corrected chi connectivity index (χ1v) is 31.8. The number of aliphatic hydroxyl groups is 1. The molecule has 5 fully saturated rings. The highest BCUT2D eigenvalue weighted by atomic mass is 16.8. The standard InChI is InChI=1S/C62H84O42/c1-22(63)80-18-39-44(85-26(5)67)49(89-30(9)71)54(93-34(13)75)58(98-39)84-17-38-43(79)48(102-59-55(94-35(14)76)50(90-31(10)72)45(86-27(6)68)40(99-59)19-81-23(2)64)53(103-60-56(95-36(15)77)51(91-32(11)73)46(87-28(7)69)41(100-60)20-82-24(3)65)61(97-38)104-62-57(96-37(16)78)52(92-33(12)74)47(88-29(8)70)42(101-62)21-83-25(4)66/h38-62,79H,17-21H2,1-16H3/t38-,39-,40-,41-,42-,43+,44+,45+,46+,47+,48+,49+,50+,51+,52+,53-,54-,55-,56-,57-,58+,59-,60-,61-,62-/m1/s1. The Hall–Kier alpha value is -8.88. The van der Waals surface area contributed by atoms with Gasteiger partial charge in [0.1, 0.15) is 75.3 Å². The molecule has 0 aromatic heterocycles. The molecule has 0 aliphatic carbocycles. The van der Waals surface area contributed by atoms with Gasteiger partial charge in [-0.3, -0.25) is 76.7 Å².